The molecule has 1 saturated heterocycles. The van der Waals surface area contributed by atoms with Crippen molar-refractivity contribution in [3.63, 3.8) is 0 Å². The van der Waals surface area contributed by atoms with Gasteiger partial charge in [-0.1, -0.05) is 167 Å². The number of benzene rings is 5. The standard InChI is InChI=1S/C36H37P5/c1-2-16-30-38(33-27-25-32(26-28-33)31-17-7-3-8-18-31)40(35-21-11-5-12-22-35)41(36-23-13-6-14-24-36)39(37-29-15-1)34-19-9-4-10-20-34/h3-14,17-28,37H,1-2,15-16,29-30H2. The maximum absolute atomic E-state index is 2.50. The Morgan fingerprint density at radius 2 is 0.878 bits per heavy atom. The summed E-state index contributed by atoms with van der Waals surface area (Å²) in [6.07, 6.45) is 8.21. The average Bonchev–Trinajstić information content (AvgIpc) is 3.10. The summed E-state index contributed by atoms with van der Waals surface area (Å²) in [4.78, 5) is 0. The minimum Gasteiger partial charge on any atom is -0.0862 e. The number of hydrogen-bond donors (Lipinski definition) is 0. The van der Waals surface area contributed by atoms with Gasteiger partial charge in [0.1, 0.15) is 0 Å². The van der Waals surface area contributed by atoms with Crippen LogP contribution in [0.5, 0.6) is 0 Å². The summed E-state index contributed by atoms with van der Waals surface area (Å²) < 4.78 is 0. The first kappa shape index (κ1) is 29.3. The third kappa shape index (κ3) is 7.43. The van der Waals surface area contributed by atoms with Crippen LogP contribution in [0.4, 0.5) is 0 Å². The molecule has 6 rings (SSSR count). The van der Waals surface area contributed by atoms with Crippen molar-refractivity contribution < 1.29 is 0 Å². The van der Waals surface area contributed by atoms with Crippen LogP contribution < -0.4 is 21.2 Å². The zero-order valence-electron chi connectivity index (χ0n) is 23.4. The Kier molecular flexibility index (Phi) is 10.8. The summed E-state index contributed by atoms with van der Waals surface area (Å²) in [6.45, 7) is 0. The molecule has 1 heterocycles. The molecule has 0 amide bonds. The monoisotopic (exact) mass is 624 g/mol. The van der Waals surface area contributed by atoms with E-state index in [4.69, 9.17) is 0 Å². The highest BCUT2D eigenvalue weighted by molar-refractivity contribution is 8.89. The van der Waals surface area contributed by atoms with E-state index in [0.717, 1.165) is 8.27 Å². The topological polar surface area (TPSA) is 0 Å². The summed E-state index contributed by atoms with van der Waals surface area (Å²) in [5.74, 6) is 0. The van der Waals surface area contributed by atoms with Gasteiger partial charge in [0.25, 0.3) is 0 Å². The lowest BCUT2D eigenvalue weighted by molar-refractivity contribution is 0.710. The van der Waals surface area contributed by atoms with Gasteiger partial charge >= 0.3 is 0 Å². The predicted molar refractivity (Wildman–Crippen MR) is 194 cm³/mol. The minimum absolute atomic E-state index is 0.276. The van der Waals surface area contributed by atoms with Gasteiger partial charge in [0.2, 0.25) is 0 Å². The van der Waals surface area contributed by atoms with Gasteiger partial charge in [0.15, 0.2) is 0 Å². The molecule has 1 aliphatic heterocycles. The quantitative estimate of drug-likeness (QED) is 0.171. The van der Waals surface area contributed by atoms with Gasteiger partial charge in [-0.3, -0.25) is 0 Å². The molecule has 5 atom stereocenters. The summed E-state index contributed by atoms with van der Waals surface area (Å²) in [5, 5.41) is 6.45. The molecule has 0 saturated carbocycles. The van der Waals surface area contributed by atoms with E-state index in [1.807, 2.05) is 0 Å². The zero-order chi connectivity index (χ0) is 27.7. The summed E-state index contributed by atoms with van der Waals surface area (Å²) in [5.41, 5.74) is 2.63. The van der Waals surface area contributed by atoms with Gasteiger partial charge < -0.3 is 0 Å². The first-order valence-corrected chi connectivity index (χ1v) is 24.3. The van der Waals surface area contributed by atoms with Crippen LogP contribution in [0.2, 0.25) is 0 Å². The molecule has 0 radical (unpaired) electrons. The normalized spacial score (nSPS) is 22.5. The van der Waals surface area contributed by atoms with Crippen molar-refractivity contribution in [3.05, 3.63) is 146 Å². The molecule has 0 aliphatic carbocycles. The second-order valence-corrected chi connectivity index (χ2v) is 28.9. The molecule has 206 valence electrons. The molecule has 5 aromatic carbocycles. The molecule has 0 bridgehead atoms. The van der Waals surface area contributed by atoms with Gasteiger partial charge in [-0.15, -0.1) is 0 Å². The van der Waals surface area contributed by atoms with E-state index in [2.05, 4.69) is 146 Å². The Balaban J connectivity index is 1.52. The van der Waals surface area contributed by atoms with Crippen LogP contribution in [0.3, 0.4) is 0 Å². The van der Waals surface area contributed by atoms with Gasteiger partial charge in [-0.25, -0.2) is 0 Å². The Hall–Kier alpha value is -1.75. The molecule has 5 heteroatoms. The Morgan fingerprint density at radius 1 is 0.390 bits per heavy atom. The number of hydrogen-bond acceptors (Lipinski definition) is 0. The van der Waals surface area contributed by atoms with E-state index in [1.165, 1.54) is 49.1 Å². The zero-order valence-corrected chi connectivity index (χ0v) is 28.0. The van der Waals surface area contributed by atoms with Crippen LogP contribution in [0.1, 0.15) is 25.7 Å². The third-order valence-corrected chi connectivity index (χ3v) is 36.7. The lowest BCUT2D eigenvalue weighted by atomic mass is 10.1. The van der Waals surface area contributed by atoms with Crippen LogP contribution in [0.15, 0.2) is 146 Å². The molecular formula is C36H37P5. The second-order valence-electron chi connectivity index (χ2n) is 10.3. The predicted octanol–water partition coefficient (Wildman–Crippen LogP) is 10.8. The Labute approximate surface area is 252 Å². The molecule has 5 unspecified atom stereocenters. The Bertz CT molecular complexity index is 1460. The molecule has 0 nitrogen and oxygen atoms in total. The van der Waals surface area contributed by atoms with Gasteiger partial charge in [0.05, 0.1) is 0 Å². The smallest absolute Gasteiger partial charge is 0.00694 e. The van der Waals surface area contributed by atoms with E-state index in [9.17, 15) is 0 Å². The molecule has 0 N–H and O–H groups in total. The van der Waals surface area contributed by atoms with E-state index in [1.54, 1.807) is 21.2 Å². The van der Waals surface area contributed by atoms with Crippen molar-refractivity contribution in [1.29, 1.82) is 0 Å². The van der Waals surface area contributed by atoms with Crippen molar-refractivity contribution in [2.75, 3.05) is 12.3 Å². The first-order valence-electron chi connectivity index (χ1n) is 14.6. The highest BCUT2D eigenvalue weighted by atomic mass is 32.8. The van der Waals surface area contributed by atoms with Crippen LogP contribution in [-0.2, 0) is 0 Å². The van der Waals surface area contributed by atoms with Gasteiger partial charge in [0, 0.05) is 0 Å². The highest BCUT2D eigenvalue weighted by Crippen LogP contribution is 2.98. The van der Waals surface area contributed by atoms with Crippen LogP contribution in [-0.4, -0.2) is 12.3 Å². The van der Waals surface area contributed by atoms with Crippen molar-refractivity contribution in [3.8, 4) is 11.1 Å². The molecule has 1 fully saturated rings. The largest absolute Gasteiger partial charge is 0.0862 e. The van der Waals surface area contributed by atoms with E-state index in [0.29, 0.717) is 0 Å². The maximum Gasteiger partial charge on any atom is -0.00694 e. The van der Waals surface area contributed by atoms with Gasteiger partial charge in [-0.05, 0) is 87.0 Å². The third-order valence-electron chi connectivity index (χ3n) is 7.40. The van der Waals surface area contributed by atoms with E-state index < -0.39 is 7.30 Å². The summed E-state index contributed by atoms with van der Waals surface area (Å²) in [7, 11) is -0.348. The average molecular weight is 625 g/mol. The van der Waals surface area contributed by atoms with Crippen molar-refractivity contribution in [2.24, 2.45) is 0 Å². The summed E-state index contributed by atoms with van der Waals surface area (Å²) >= 11 is 0. The first-order chi connectivity index (χ1) is 20.4. The van der Waals surface area contributed by atoms with Crippen LogP contribution >= 0.6 is 37.8 Å². The molecule has 1 aliphatic rings. The molecule has 5 aromatic rings. The fourth-order valence-electron chi connectivity index (χ4n) is 5.33. The fraction of sp³-hybridized carbons (Fsp3) is 0.167. The molecule has 0 spiro atoms. The highest BCUT2D eigenvalue weighted by Gasteiger charge is 2.38. The second kappa shape index (κ2) is 15.1. The maximum atomic E-state index is 2.50. The number of rotatable bonds is 5. The van der Waals surface area contributed by atoms with Crippen LogP contribution in [0.25, 0.3) is 11.1 Å². The van der Waals surface area contributed by atoms with Crippen LogP contribution in [0, 0.1) is 0 Å². The lowest BCUT2D eigenvalue weighted by Gasteiger charge is -2.40. The van der Waals surface area contributed by atoms with Gasteiger partial charge in [-0.2, -0.15) is 0 Å². The van der Waals surface area contributed by atoms with Crippen molar-refractivity contribution in [1.82, 2.24) is 0 Å². The molecule has 41 heavy (non-hydrogen) atoms. The van der Waals surface area contributed by atoms with E-state index in [-0.39, 0.29) is 22.2 Å². The Morgan fingerprint density at radius 3 is 1.49 bits per heavy atom. The van der Waals surface area contributed by atoms with E-state index >= 15 is 0 Å². The molecular weight excluding hydrogens is 587 g/mol. The fourth-order valence-corrected chi connectivity index (χ4v) is 44.0. The molecule has 0 aromatic heterocycles. The SMILES string of the molecule is c1ccc(-c2ccc(P3CCCCCCPP(c4ccccc4)P(c4ccccc4)P3c3ccccc3)cc2)cc1. The minimum atomic E-state index is -0.392. The van der Waals surface area contributed by atoms with Crippen molar-refractivity contribution >= 4 is 59.0 Å². The lowest BCUT2D eigenvalue weighted by Crippen LogP contribution is -2.12. The van der Waals surface area contributed by atoms with Crippen molar-refractivity contribution in [2.45, 2.75) is 25.7 Å². The summed E-state index contributed by atoms with van der Waals surface area (Å²) in [6, 6.07) is 55.7.